The van der Waals surface area contributed by atoms with E-state index in [0.717, 1.165) is 17.0 Å². The van der Waals surface area contributed by atoms with E-state index in [-0.39, 0.29) is 18.1 Å². The SMILES string of the molecule is COc1ccnc(CNC(=O)c2n[nH]c3c2C[C@H](C)O[C@@H]3C)c1. The number of carbonyl (C=O) groups excluding carboxylic acids is 1. The van der Waals surface area contributed by atoms with Crippen LogP contribution in [0.2, 0.25) is 0 Å². The van der Waals surface area contributed by atoms with Crippen molar-refractivity contribution in [2.75, 3.05) is 7.11 Å². The number of rotatable bonds is 4. The topological polar surface area (TPSA) is 89.1 Å². The first-order chi connectivity index (χ1) is 11.1. The normalized spacial score (nSPS) is 20.0. The smallest absolute Gasteiger partial charge is 0.272 e. The van der Waals surface area contributed by atoms with E-state index in [1.165, 1.54) is 0 Å². The summed E-state index contributed by atoms with van der Waals surface area (Å²) in [5.41, 5.74) is 2.98. The van der Waals surface area contributed by atoms with Crippen molar-refractivity contribution in [1.29, 1.82) is 0 Å². The number of nitrogens with zero attached hydrogens (tertiary/aromatic N) is 2. The van der Waals surface area contributed by atoms with Crippen molar-refractivity contribution in [3.05, 3.63) is 41.0 Å². The number of amides is 1. The Morgan fingerprint density at radius 3 is 3.13 bits per heavy atom. The molecule has 122 valence electrons. The van der Waals surface area contributed by atoms with Crippen molar-refractivity contribution < 1.29 is 14.3 Å². The second-order valence-corrected chi connectivity index (χ2v) is 5.63. The fourth-order valence-corrected chi connectivity index (χ4v) is 2.80. The second kappa shape index (κ2) is 6.37. The number of H-pyrrole nitrogens is 1. The van der Waals surface area contributed by atoms with Crippen LogP contribution in [0.4, 0.5) is 0 Å². The molecular weight excluding hydrogens is 296 g/mol. The largest absolute Gasteiger partial charge is 0.497 e. The molecule has 0 saturated heterocycles. The van der Waals surface area contributed by atoms with Gasteiger partial charge in [-0.1, -0.05) is 0 Å². The highest BCUT2D eigenvalue weighted by Crippen LogP contribution is 2.30. The van der Waals surface area contributed by atoms with E-state index in [4.69, 9.17) is 9.47 Å². The lowest BCUT2D eigenvalue weighted by atomic mass is 9.99. The molecule has 2 aromatic heterocycles. The molecule has 0 spiro atoms. The first-order valence-electron chi connectivity index (χ1n) is 7.58. The van der Waals surface area contributed by atoms with Gasteiger partial charge in [0.2, 0.25) is 0 Å². The van der Waals surface area contributed by atoms with Crippen molar-refractivity contribution in [3.8, 4) is 5.75 Å². The van der Waals surface area contributed by atoms with Gasteiger partial charge in [-0.05, 0) is 19.9 Å². The lowest BCUT2D eigenvalue weighted by Gasteiger charge is -2.25. The maximum Gasteiger partial charge on any atom is 0.272 e. The summed E-state index contributed by atoms with van der Waals surface area (Å²) in [6.07, 6.45) is 2.32. The quantitative estimate of drug-likeness (QED) is 0.897. The lowest BCUT2D eigenvalue weighted by Crippen LogP contribution is -2.27. The zero-order valence-electron chi connectivity index (χ0n) is 13.4. The van der Waals surface area contributed by atoms with Gasteiger partial charge in [0.1, 0.15) is 5.75 Å². The van der Waals surface area contributed by atoms with E-state index >= 15 is 0 Å². The van der Waals surface area contributed by atoms with E-state index < -0.39 is 0 Å². The Labute approximate surface area is 134 Å². The van der Waals surface area contributed by atoms with Gasteiger partial charge < -0.3 is 14.8 Å². The summed E-state index contributed by atoms with van der Waals surface area (Å²) in [7, 11) is 1.60. The number of ether oxygens (including phenoxy) is 2. The number of hydrogen-bond acceptors (Lipinski definition) is 5. The first-order valence-corrected chi connectivity index (χ1v) is 7.58. The van der Waals surface area contributed by atoms with Gasteiger partial charge in [0, 0.05) is 24.2 Å². The van der Waals surface area contributed by atoms with Crippen molar-refractivity contribution in [2.45, 2.75) is 39.0 Å². The zero-order valence-corrected chi connectivity index (χ0v) is 13.4. The van der Waals surface area contributed by atoms with Crippen molar-refractivity contribution in [1.82, 2.24) is 20.5 Å². The molecular formula is C16H20N4O3. The Hall–Kier alpha value is -2.41. The molecule has 7 nitrogen and oxygen atoms in total. The van der Waals surface area contributed by atoms with Gasteiger partial charge in [0.25, 0.3) is 5.91 Å². The van der Waals surface area contributed by atoms with Crippen LogP contribution in [0.3, 0.4) is 0 Å². The molecule has 3 rings (SSSR count). The molecule has 7 heteroatoms. The summed E-state index contributed by atoms with van der Waals surface area (Å²) in [6.45, 7) is 4.27. The third-order valence-corrected chi connectivity index (χ3v) is 3.90. The van der Waals surface area contributed by atoms with Crippen LogP contribution in [0.25, 0.3) is 0 Å². The van der Waals surface area contributed by atoms with E-state index in [1.807, 2.05) is 13.8 Å². The van der Waals surface area contributed by atoms with Crippen LogP contribution in [0.1, 0.15) is 47.4 Å². The number of carbonyl (C=O) groups is 1. The molecule has 2 N–H and O–H groups in total. The van der Waals surface area contributed by atoms with Crippen LogP contribution >= 0.6 is 0 Å². The number of aromatic amines is 1. The monoisotopic (exact) mass is 316 g/mol. The molecule has 0 radical (unpaired) electrons. The molecule has 0 fully saturated rings. The maximum absolute atomic E-state index is 12.4. The van der Waals surface area contributed by atoms with Crippen molar-refractivity contribution >= 4 is 5.91 Å². The molecule has 23 heavy (non-hydrogen) atoms. The van der Waals surface area contributed by atoms with E-state index in [0.29, 0.717) is 24.4 Å². The number of pyridine rings is 1. The highest BCUT2D eigenvalue weighted by atomic mass is 16.5. The van der Waals surface area contributed by atoms with Gasteiger partial charge in [-0.15, -0.1) is 0 Å². The molecule has 1 aliphatic rings. The number of nitrogens with one attached hydrogen (secondary N) is 2. The summed E-state index contributed by atoms with van der Waals surface area (Å²) in [6, 6.07) is 3.55. The molecule has 2 atom stereocenters. The average Bonchev–Trinajstić information content (AvgIpc) is 2.97. The third-order valence-electron chi connectivity index (χ3n) is 3.90. The maximum atomic E-state index is 12.4. The molecule has 0 saturated carbocycles. The predicted molar refractivity (Wildman–Crippen MR) is 83.2 cm³/mol. The highest BCUT2D eigenvalue weighted by Gasteiger charge is 2.29. The lowest BCUT2D eigenvalue weighted by molar-refractivity contribution is -0.00697. The minimum atomic E-state index is -0.214. The van der Waals surface area contributed by atoms with Gasteiger partial charge in [-0.3, -0.25) is 14.9 Å². The highest BCUT2D eigenvalue weighted by molar-refractivity contribution is 5.94. The number of fused-ring (bicyclic) bond motifs is 1. The van der Waals surface area contributed by atoms with E-state index in [2.05, 4.69) is 20.5 Å². The summed E-state index contributed by atoms with van der Waals surface area (Å²) in [5, 5.41) is 9.94. The molecule has 1 amide bonds. The fraction of sp³-hybridized carbons (Fsp3) is 0.438. The number of hydrogen-bond donors (Lipinski definition) is 2. The summed E-state index contributed by atoms with van der Waals surface area (Å²) >= 11 is 0. The molecule has 0 bridgehead atoms. The Morgan fingerprint density at radius 1 is 1.52 bits per heavy atom. The number of aromatic nitrogens is 3. The van der Waals surface area contributed by atoms with Crippen LogP contribution in [-0.2, 0) is 17.7 Å². The second-order valence-electron chi connectivity index (χ2n) is 5.63. The molecule has 1 aliphatic heterocycles. The molecule has 2 aromatic rings. The van der Waals surface area contributed by atoms with Crippen molar-refractivity contribution in [2.24, 2.45) is 0 Å². The average molecular weight is 316 g/mol. The molecule has 0 unspecified atom stereocenters. The molecule has 0 aromatic carbocycles. The van der Waals surface area contributed by atoms with Gasteiger partial charge in [-0.2, -0.15) is 5.10 Å². The standard InChI is InChI=1S/C16H20N4O3/c1-9-6-13-14(10(2)23-9)19-20-15(13)16(21)18-8-11-7-12(22-3)4-5-17-11/h4-5,7,9-10H,6,8H2,1-3H3,(H,18,21)(H,19,20)/t9-,10+/m0/s1. The summed E-state index contributed by atoms with van der Waals surface area (Å²) in [5.74, 6) is 0.495. The van der Waals surface area contributed by atoms with E-state index in [9.17, 15) is 4.79 Å². The Morgan fingerprint density at radius 2 is 2.35 bits per heavy atom. The fourth-order valence-electron chi connectivity index (χ4n) is 2.80. The van der Waals surface area contributed by atoms with Crippen LogP contribution in [-0.4, -0.2) is 34.3 Å². The third kappa shape index (κ3) is 3.19. The summed E-state index contributed by atoms with van der Waals surface area (Å²) in [4.78, 5) is 16.6. The Balaban J connectivity index is 1.72. The minimum Gasteiger partial charge on any atom is -0.497 e. The minimum absolute atomic E-state index is 0.0710. The van der Waals surface area contributed by atoms with E-state index in [1.54, 1.807) is 25.4 Å². The van der Waals surface area contributed by atoms with Gasteiger partial charge in [0.05, 0.1) is 37.3 Å². The first kappa shape index (κ1) is 15.5. The molecule has 0 aliphatic carbocycles. The van der Waals surface area contributed by atoms with Crippen LogP contribution < -0.4 is 10.1 Å². The number of methoxy groups -OCH3 is 1. The zero-order chi connectivity index (χ0) is 16.4. The van der Waals surface area contributed by atoms with Crippen LogP contribution in [0.5, 0.6) is 5.75 Å². The Bertz CT molecular complexity index is 713. The van der Waals surface area contributed by atoms with Crippen LogP contribution in [0.15, 0.2) is 18.3 Å². The molecule has 3 heterocycles. The Kier molecular flexibility index (Phi) is 4.29. The van der Waals surface area contributed by atoms with Crippen molar-refractivity contribution in [3.63, 3.8) is 0 Å². The predicted octanol–water partition coefficient (Wildman–Crippen LogP) is 1.77. The van der Waals surface area contributed by atoms with Gasteiger partial charge in [-0.25, -0.2) is 0 Å². The van der Waals surface area contributed by atoms with Crippen LogP contribution in [0, 0.1) is 0 Å². The summed E-state index contributed by atoms with van der Waals surface area (Å²) < 4.78 is 10.9. The van der Waals surface area contributed by atoms with Gasteiger partial charge in [0.15, 0.2) is 5.69 Å². The van der Waals surface area contributed by atoms with Gasteiger partial charge >= 0.3 is 0 Å².